The number of rotatable bonds is 4. The van der Waals surface area contributed by atoms with Gasteiger partial charge in [-0.15, -0.1) is 0 Å². The molecule has 2 aliphatic rings. The van der Waals surface area contributed by atoms with Crippen LogP contribution in [0.4, 0.5) is 0 Å². The third-order valence-electron chi connectivity index (χ3n) is 5.32. The van der Waals surface area contributed by atoms with Crippen LogP contribution in [0.15, 0.2) is 36.1 Å². The Labute approximate surface area is 181 Å². The SMILES string of the molecule is OC[C@H]1O[C@@H](OC2=C(c3ccc(O)c(O)c3)Oc3cc(O)cc(O)c3C2)[C@H](O)[C@@H](O)[C@@H]1O. The van der Waals surface area contributed by atoms with Crippen molar-refractivity contribution >= 4 is 5.76 Å². The second kappa shape index (κ2) is 8.37. The summed E-state index contributed by atoms with van der Waals surface area (Å²) in [4.78, 5) is 0. The van der Waals surface area contributed by atoms with Gasteiger partial charge in [-0.25, -0.2) is 0 Å². The lowest BCUT2D eigenvalue weighted by Gasteiger charge is -2.40. The van der Waals surface area contributed by atoms with Crippen molar-refractivity contribution in [2.75, 3.05) is 6.61 Å². The van der Waals surface area contributed by atoms with Crippen molar-refractivity contribution in [2.24, 2.45) is 0 Å². The van der Waals surface area contributed by atoms with Gasteiger partial charge in [-0.3, -0.25) is 0 Å². The Kier molecular flexibility index (Phi) is 5.75. The molecule has 0 radical (unpaired) electrons. The lowest BCUT2D eigenvalue weighted by Crippen LogP contribution is -2.59. The molecule has 0 aromatic heterocycles. The van der Waals surface area contributed by atoms with Gasteiger partial charge in [0.05, 0.1) is 6.61 Å². The Bertz CT molecular complexity index is 1050. The molecule has 1 saturated heterocycles. The summed E-state index contributed by atoms with van der Waals surface area (Å²) < 4.78 is 16.9. The average molecular weight is 450 g/mol. The van der Waals surface area contributed by atoms with Gasteiger partial charge in [-0.1, -0.05) is 0 Å². The second-order valence-electron chi connectivity index (χ2n) is 7.49. The number of aliphatic hydroxyl groups excluding tert-OH is 4. The van der Waals surface area contributed by atoms with E-state index in [4.69, 9.17) is 14.2 Å². The van der Waals surface area contributed by atoms with Crippen LogP contribution in [0, 0.1) is 0 Å². The van der Waals surface area contributed by atoms with Gasteiger partial charge in [-0.2, -0.15) is 0 Å². The van der Waals surface area contributed by atoms with Gasteiger partial charge in [0.2, 0.25) is 6.29 Å². The predicted octanol–water partition coefficient (Wildman–Crippen LogP) is -0.371. The van der Waals surface area contributed by atoms with E-state index in [9.17, 15) is 40.9 Å². The minimum absolute atomic E-state index is 0.00732. The number of aliphatic hydroxyl groups is 4. The molecule has 11 heteroatoms. The molecule has 0 amide bonds. The topological polar surface area (TPSA) is 190 Å². The molecule has 0 spiro atoms. The van der Waals surface area contributed by atoms with Crippen LogP contribution in [0.3, 0.4) is 0 Å². The summed E-state index contributed by atoms with van der Waals surface area (Å²) in [6.07, 6.45) is -7.77. The Balaban J connectivity index is 1.75. The van der Waals surface area contributed by atoms with E-state index in [-0.39, 0.29) is 52.1 Å². The molecule has 8 N–H and O–H groups in total. The Hall–Kier alpha value is -3.22. The smallest absolute Gasteiger partial charge is 0.228 e. The van der Waals surface area contributed by atoms with Crippen LogP contribution < -0.4 is 4.74 Å². The number of fused-ring (bicyclic) bond motifs is 1. The maximum Gasteiger partial charge on any atom is 0.228 e. The minimum Gasteiger partial charge on any atom is -0.508 e. The van der Waals surface area contributed by atoms with Crippen LogP contribution in [0.1, 0.15) is 11.1 Å². The minimum atomic E-state index is -1.69. The Morgan fingerprint density at radius 1 is 0.875 bits per heavy atom. The van der Waals surface area contributed by atoms with E-state index in [1.165, 1.54) is 24.3 Å². The highest BCUT2D eigenvalue weighted by Crippen LogP contribution is 2.43. The quantitative estimate of drug-likeness (QED) is 0.284. The fourth-order valence-corrected chi connectivity index (χ4v) is 3.58. The lowest BCUT2D eigenvalue weighted by molar-refractivity contribution is -0.291. The second-order valence-corrected chi connectivity index (χ2v) is 7.49. The summed E-state index contributed by atoms with van der Waals surface area (Å²) in [5, 5.41) is 79.2. The van der Waals surface area contributed by atoms with Crippen LogP contribution >= 0.6 is 0 Å². The molecular formula is C21H22O11. The molecule has 32 heavy (non-hydrogen) atoms. The standard InChI is InChI=1S/C21H22O11/c22-7-16-17(27)18(28)19(29)21(32-16)31-15-6-10-12(25)4-9(23)5-14(10)30-20(15)8-1-2-11(24)13(26)3-8/h1-5,16-19,21-29H,6-7H2/t16-,17-,18+,19-,21-/m1/s1. The molecule has 0 unspecified atom stereocenters. The third-order valence-corrected chi connectivity index (χ3v) is 5.32. The monoisotopic (exact) mass is 450 g/mol. The van der Waals surface area contributed by atoms with E-state index < -0.39 is 43.1 Å². The van der Waals surface area contributed by atoms with Gasteiger partial charge < -0.3 is 55.1 Å². The lowest BCUT2D eigenvalue weighted by atomic mass is 9.98. The molecule has 2 aliphatic heterocycles. The van der Waals surface area contributed by atoms with Crippen LogP contribution in [0.5, 0.6) is 28.7 Å². The molecule has 1 fully saturated rings. The van der Waals surface area contributed by atoms with Crippen LogP contribution in [0.2, 0.25) is 0 Å². The third kappa shape index (κ3) is 3.87. The van der Waals surface area contributed by atoms with Gasteiger partial charge in [0, 0.05) is 29.7 Å². The molecule has 4 rings (SSSR count). The number of benzene rings is 2. The van der Waals surface area contributed by atoms with Gasteiger partial charge >= 0.3 is 0 Å². The highest BCUT2D eigenvalue weighted by atomic mass is 16.7. The number of hydrogen-bond acceptors (Lipinski definition) is 11. The van der Waals surface area contributed by atoms with E-state index in [0.717, 1.165) is 6.07 Å². The summed E-state index contributed by atoms with van der Waals surface area (Å²) in [6.45, 7) is -0.651. The number of phenolic OH excluding ortho intramolecular Hbond substituents is 4. The summed E-state index contributed by atoms with van der Waals surface area (Å²) in [5.74, 6) is -1.25. The highest BCUT2D eigenvalue weighted by molar-refractivity contribution is 5.71. The summed E-state index contributed by atoms with van der Waals surface area (Å²) >= 11 is 0. The van der Waals surface area contributed by atoms with E-state index in [2.05, 4.69) is 0 Å². The molecular weight excluding hydrogens is 428 g/mol. The van der Waals surface area contributed by atoms with E-state index in [0.29, 0.717) is 0 Å². The zero-order valence-electron chi connectivity index (χ0n) is 16.5. The van der Waals surface area contributed by atoms with Crippen molar-refractivity contribution in [1.82, 2.24) is 0 Å². The van der Waals surface area contributed by atoms with Crippen molar-refractivity contribution in [3.05, 3.63) is 47.2 Å². The largest absolute Gasteiger partial charge is 0.508 e. The fourth-order valence-electron chi connectivity index (χ4n) is 3.58. The summed E-state index contributed by atoms with van der Waals surface area (Å²) in [5.41, 5.74) is 0.488. The van der Waals surface area contributed by atoms with Gasteiger partial charge in [-0.05, 0) is 18.2 Å². The fraction of sp³-hybridized carbons (Fsp3) is 0.333. The molecule has 11 nitrogen and oxygen atoms in total. The van der Waals surface area contributed by atoms with Gasteiger partial charge in [0.25, 0.3) is 0 Å². The number of ether oxygens (including phenoxy) is 3. The van der Waals surface area contributed by atoms with Crippen LogP contribution in [0.25, 0.3) is 5.76 Å². The maximum absolute atomic E-state index is 10.3. The molecule has 2 aromatic rings. The van der Waals surface area contributed by atoms with E-state index in [1.54, 1.807) is 0 Å². The highest BCUT2D eigenvalue weighted by Gasteiger charge is 2.45. The first-order valence-corrected chi connectivity index (χ1v) is 9.65. The zero-order valence-corrected chi connectivity index (χ0v) is 16.5. The first-order chi connectivity index (χ1) is 15.2. The van der Waals surface area contributed by atoms with E-state index in [1.807, 2.05) is 0 Å². The van der Waals surface area contributed by atoms with Crippen molar-refractivity contribution in [3.8, 4) is 28.7 Å². The normalized spacial score (nSPS) is 27.6. The van der Waals surface area contributed by atoms with Crippen LogP contribution in [-0.4, -0.2) is 78.2 Å². The molecule has 0 bridgehead atoms. The van der Waals surface area contributed by atoms with Gasteiger partial charge in [0.15, 0.2) is 17.3 Å². The van der Waals surface area contributed by atoms with Crippen LogP contribution in [-0.2, 0) is 15.9 Å². The number of hydrogen-bond donors (Lipinski definition) is 8. The first-order valence-electron chi connectivity index (χ1n) is 9.65. The molecule has 0 aliphatic carbocycles. The molecule has 2 heterocycles. The van der Waals surface area contributed by atoms with Crippen molar-refractivity contribution < 1.29 is 55.1 Å². The molecule has 2 aromatic carbocycles. The van der Waals surface area contributed by atoms with Crippen molar-refractivity contribution in [3.63, 3.8) is 0 Å². The Morgan fingerprint density at radius 2 is 1.62 bits per heavy atom. The van der Waals surface area contributed by atoms with Crippen molar-refractivity contribution in [2.45, 2.75) is 37.1 Å². The van der Waals surface area contributed by atoms with Gasteiger partial charge in [0.1, 0.15) is 47.4 Å². The molecule has 5 atom stereocenters. The molecule has 0 saturated carbocycles. The summed E-state index contributed by atoms with van der Waals surface area (Å²) in [6, 6.07) is 6.18. The number of aromatic hydroxyl groups is 4. The number of allylic oxidation sites excluding steroid dienone is 1. The summed E-state index contributed by atoms with van der Waals surface area (Å²) in [7, 11) is 0. The van der Waals surface area contributed by atoms with Crippen molar-refractivity contribution in [1.29, 1.82) is 0 Å². The Morgan fingerprint density at radius 3 is 2.31 bits per heavy atom. The first kappa shape index (κ1) is 22.0. The number of phenols is 4. The zero-order chi connectivity index (χ0) is 23.2. The maximum atomic E-state index is 10.3. The van der Waals surface area contributed by atoms with E-state index >= 15 is 0 Å². The molecule has 172 valence electrons. The average Bonchev–Trinajstić information content (AvgIpc) is 2.76. The predicted molar refractivity (Wildman–Crippen MR) is 106 cm³/mol.